The van der Waals surface area contributed by atoms with Crippen LogP contribution in [0.2, 0.25) is 0 Å². The second kappa shape index (κ2) is 13.9. The Balaban J connectivity index is 0.000000214. The van der Waals surface area contributed by atoms with Crippen molar-refractivity contribution in [2.45, 2.75) is 105 Å². The van der Waals surface area contributed by atoms with E-state index in [0.29, 0.717) is 5.92 Å². The van der Waals surface area contributed by atoms with Gasteiger partial charge in [-0.2, -0.15) is 0 Å². The molecule has 4 atom stereocenters. The zero-order chi connectivity index (χ0) is 27.3. The molecule has 215 valence electrons. The molecule has 3 nitrogen and oxygen atoms in total. The number of fused-ring (bicyclic) bond motifs is 2. The minimum atomic E-state index is -0.326. The van der Waals surface area contributed by atoms with Crippen molar-refractivity contribution < 1.29 is 30.3 Å². The summed E-state index contributed by atoms with van der Waals surface area (Å²) in [4.78, 5) is 4.48. The average molecular weight is 707 g/mol. The van der Waals surface area contributed by atoms with Gasteiger partial charge in [-0.3, -0.25) is 0 Å². The van der Waals surface area contributed by atoms with Gasteiger partial charge in [-0.15, -0.1) is 35.9 Å². The maximum atomic E-state index is 11.2. The number of benzene rings is 2. The molecule has 0 aliphatic heterocycles. The normalized spacial score (nSPS) is 25.4. The number of aryl methyl sites for hydroxylation is 1. The molecule has 2 aliphatic carbocycles. The summed E-state index contributed by atoms with van der Waals surface area (Å²) in [7, 11) is 0. The Hall–Kier alpha value is -1.58. The second-order valence-corrected chi connectivity index (χ2v) is 12.0. The van der Waals surface area contributed by atoms with Gasteiger partial charge in [-0.05, 0) is 97.6 Å². The number of hydrogen-bond acceptors (Lipinski definition) is 3. The molecule has 0 amide bonds. The van der Waals surface area contributed by atoms with E-state index in [0.717, 1.165) is 49.8 Å². The zero-order valence-corrected chi connectivity index (χ0v) is 26.9. The number of hydrogen-bond donors (Lipinski definition) is 2. The fraction of sp³-hybridized carbons (Fsp3) is 0.571. The van der Waals surface area contributed by atoms with E-state index in [2.05, 4.69) is 69.9 Å². The molecule has 2 fully saturated rings. The van der Waals surface area contributed by atoms with Crippen molar-refractivity contribution in [3.05, 3.63) is 66.4 Å². The van der Waals surface area contributed by atoms with Crippen molar-refractivity contribution in [2.75, 3.05) is 0 Å². The van der Waals surface area contributed by atoms with Crippen LogP contribution in [0.3, 0.4) is 0 Å². The van der Waals surface area contributed by atoms with Gasteiger partial charge in [-0.25, -0.2) is 0 Å². The quantitative estimate of drug-likeness (QED) is 0.262. The first-order chi connectivity index (χ1) is 18.3. The van der Waals surface area contributed by atoms with Crippen molar-refractivity contribution in [1.82, 2.24) is 4.98 Å². The molecule has 4 unspecified atom stereocenters. The van der Waals surface area contributed by atoms with E-state index in [-0.39, 0.29) is 49.1 Å². The average Bonchev–Trinajstić information content (AvgIpc) is 3.10. The third-order valence-corrected chi connectivity index (χ3v) is 10.5. The van der Waals surface area contributed by atoms with E-state index in [4.69, 9.17) is 0 Å². The molecule has 1 radical (unpaired) electrons. The van der Waals surface area contributed by atoms with Crippen LogP contribution >= 0.6 is 0 Å². The largest absolute Gasteiger partial charge is 0.392 e. The smallest absolute Gasteiger partial charge is 0.0651 e. The Morgan fingerprint density at radius 1 is 0.872 bits per heavy atom. The van der Waals surface area contributed by atoms with Crippen molar-refractivity contribution in [3.63, 3.8) is 0 Å². The summed E-state index contributed by atoms with van der Waals surface area (Å²) in [5.41, 5.74) is 3.39. The third-order valence-electron chi connectivity index (χ3n) is 10.5. The number of aliphatic hydroxyl groups excluding tert-OH is 2. The van der Waals surface area contributed by atoms with E-state index >= 15 is 0 Å². The van der Waals surface area contributed by atoms with E-state index < -0.39 is 0 Å². The Morgan fingerprint density at radius 3 is 2.15 bits per heavy atom. The summed E-state index contributed by atoms with van der Waals surface area (Å²) in [6.45, 7) is 11.0. The molecule has 39 heavy (non-hydrogen) atoms. The molecule has 2 aromatic carbocycles. The first-order valence-corrected chi connectivity index (χ1v) is 15.0. The molecule has 0 saturated heterocycles. The number of nitrogens with zero attached hydrogens (tertiary/aromatic N) is 1. The summed E-state index contributed by atoms with van der Waals surface area (Å²) in [6, 6.07) is 19.7. The van der Waals surface area contributed by atoms with Gasteiger partial charge < -0.3 is 15.2 Å². The maximum Gasteiger partial charge on any atom is 0.0651 e. The molecule has 4 heteroatoms. The Bertz CT molecular complexity index is 1170. The van der Waals surface area contributed by atoms with Crippen LogP contribution in [0.25, 0.3) is 22.0 Å². The summed E-state index contributed by atoms with van der Waals surface area (Å²) in [6.07, 6.45) is 11.2. The molecular formula is C35H48IrNO2-. The van der Waals surface area contributed by atoms with Gasteiger partial charge in [-0.1, -0.05) is 57.9 Å². The van der Waals surface area contributed by atoms with E-state index in [1.807, 2.05) is 30.5 Å². The first kappa shape index (κ1) is 31.9. The van der Waals surface area contributed by atoms with E-state index in [9.17, 15) is 10.2 Å². The number of aromatic nitrogens is 1. The van der Waals surface area contributed by atoms with Crippen LogP contribution in [0.4, 0.5) is 0 Å². The second-order valence-electron chi connectivity index (χ2n) is 12.0. The van der Waals surface area contributed by atoms with Crippen LogP contribution in [-0.4, -0.2) is 27.4 Å². The number of aliphatic hydroxyl groups is 2. The summed E-state index contributed by atoms with van der Waals surface area (Å²) >= 11 is 0. The predicted molar refractivity (Wildman–Crippen MR) is 159 cm³/mol. The van der Waals surface area contributed by atoms with Crippen LogP contribution in [0.15, 0.2) is 54.7 Å². The standard InChI is InChI=1S/C19H36O2.C16H12N.Ir/c1-5-18(6-2)12-9-10-14-11-13-19(7-3,8-4)17(21)15(14)16(18)20;1-12-7-8-15-14(11-12)9-10-17-16(15)13-5-3-2-4-6-13;/h14-17,20-21H,5-13H2,1-4H3;2-5,7-11H,1H3;/q;-1;. The van der Waals surface area contributed by atoms with Crippen molar-refractivity contribution in [1.29, 1.82) is 0 Å². The van der Waals surface area contributed by atoms with Gasteiger partial charge in [0.2, 0.25) is 0 Å². The molecule has 0 spiro atoms. The molecule has 5 rings (SSSR count). The van der Waals surface area contributed by atoms with Crippen molar-refractivity contribution >= 4 is 10.8 Å². The number of rotatable bonds is 5. The van der Waals surface area contributed by atoms with Crippen LogP contribution in [0, 0.1) is 35.7 Å². The topological polar surface area (TPSA) is 53.4 Å². The van der Waals surface area contributed by atoms with Gasteiger partial charge in [0.1, 0.15) is 0 Å². The maximum absolute atomic E-state index is 11.2. The minimum absolute atomic E-state index is 0. The molecule has 1 aromatic heterocycles. The van der Waals surface area contributed by atoms with Gasteiger partial charge in [0.25, 0.3) is 0 Å². The zero-order valence-electron chi connectivity index (χ0n) is 24.5. The van der Waals surface area contributed by atoms with E-state index in [1.165, 1.54) is 35.6 Å². The summed E-state index contributed by atoms with van der Waals surface area (Å²) in [5, 5.41) is 24.8. The predicted octanol–water partition coefficient (Wildman–Crippen LogP) is 8.54. The van der Waals surface area contributed by atoms with Crippen LogP contribution in [-0.2, 0) is 20.1 Å². The fourth-order valence-electron chi connectivity index (χ4n) is 7.62. The molecule has 1 heterocycles. The van der Waals surface area contributed by atoms with E-state index in [1.54, 1.807) is 0 Å². The van der Waals surface area contributed by atoms with Gasteiger partial charge >= 0.3 is 0 Å². The third kappa shape index (κ3) is 6.35. The number of pyridine rings is 1. The molecule has 2 N–H and O–H groups in total. The van der Waals surface area contributed by atoms with Crippen LogP contribution in [0.1, 0.15) is 91.0 Å². The Morgan fingerprint density at radius 2 is 1.54 bits per heavy atom. The van der Waals surface area contributed by atoms with Gasteiger partial charge in [0, 0.05) is 32.2 Å². The summed E-state index contributed by atoms with van der Waals surface area (Å²) < 4.78 is 0. The van der Waals surface area contributed by atoms with Gasteiger partial charge in [0.05, 0.1) is 12.2 Å². The summed E-state index contributed by atoms with van der Waals surface area (Å²) in [5.74, 6) is 0.627. The SMILES string of the molecule is CCC1(CC)CCCC2CCC(CC)(CC)C(O)C2C1O.Cc1ccc2c(-c3[c-]cccc3)nccc2c1.[Ir]. The van der Waals surface area contributed by atoms with Crippen LogP contribution in [0.5, 0.6) is 0 Å². The first-order valence-electron chi connectivity index (χ1n) is 15.0. The Kier molecular flexibility index (Phi) is 11.3. The molecule has 0 bridgehead atoms. The molecule has 3 aromatic rings. The molecule has 2 saturated carbocycles. The fourth-order valence-corrected chi connectivity index (χ4v) is 7.62. The van der Waals surface area contributed by atoms with Crippen molar-refractivity contribution in [3.8, 4) is 11.3 Å². The van der Waals surface area contributed by atoms with Crippen LogP contribution < -0.4 is 0 Å². The van der Waals surface area contributed by atoms with Crippen molar-refractivity contribution in [2.24, 2.45) is 22.7 Å². The Labute approximate surface area is 250 Å². The molecule has 2 aliphatic rings. The minimum Gasteiger partial charge on any atom is -0.392 e. The molecular weight excluding hydrogens is 659 g/mol. The monoisotopic (exact) mass is 707 g/mol. The van der Waals surface area contributed by atoms with Gasteiger partial charge in [0.15, 0.2) is 0 Å².